The van der Waals surface area contributed by atoms with Crippen molar-refractivity contribution in [3.05, 3.63) is 0 Å². The first kappa shape index (κ1) is 17.5. The molecule has 2 atom stereocenters. The minimum Gasteiger partial charge on any atom is -0.464 e. The van der Waals surface area contributed by atoms with Crippen LogP contribution in [0.15, 0.2) is 0 Å². The maximum Gasteiger partial charge on any atom is 0.305 e. The fourth-order valence-corrected chi connectivity index (χ4v) is 1.22. The van der Waals surface area contributed by atoms with Crippen molar-refractivity contribution in [3.63, 3.8) is 0 Å². The minimum atomic E-state index is -0.287. The first-order valence-corrected chi connectivity index (χ1v) is 6.88. The maximum absolute atomic E-state index is 11.2. The van der Waals surface area contributed by atoms with Crippen LogP contribution in [0.4, 0.5) is 0 Å². The van der Waals surface area contributed by atoms with Gasteiger partial charge in [-0.3, -0.25) is 9.59 Å². The first-order valence-electron chi connectivity index (χ1n) is 6.01. The Kier molecular flexibility index (Phi) is 10.2. The van der Waals surface area contributed by atoms with Gasteiger partial charge in [0.25, 0.3) is 0 Å². The van der Waals surface area contributed by atoms with Gasteiger partial charge in [0.05, 0.1) is 10.8 Å². The van der Waals surface area contributed by atoms with E-state index in [1.165, 1.54) is 0 Å². The van der Waals surface area contributed by atoms with Crippen molar-refractivity contribution < 1.29 is 19.1 Å². The zero-order valence-electron chi connectivity index (χ0n) is 10.8. The second-order valence-electron chi connectivity index (χ2n) is 4.13. The highest BCUT2D eigenvalue weighted by atomic mass is 35.5. The summed E-state index contributed by atoms with van der Waals surface area (Å²) in [5.41, 5.74) is 0. The normalized spacial score (nSPS) is 13.8. The van der Waals surface area contributed by atoms with Gasteiger partial charge in [0.2, 0.25) is 0 Å². The molecular weight excluding hydrogens is 279 g/mol. The molecular formula is C12H20Cl2O4. The van der Waals surface area contributed by atoms with Crippen LogP contribution in [0.3, 0.4) is 0 Å². The summed E-state index contributed by atoms with van der Waals surface area (Å²) < 4.78 is 9.77. The van der Waals surface area contributed by atoms with E-state index in [1.807, 2.05) is 0 Å². The molecule has 0 aromatic carbocycles. The molecule has 0 heterocycles. The monoisotopic (exact) mass is 298 g/mol. The summed E-state index contributed by atoms with van der Waals surface area (Å²) in [5, 5.41) is -0.358. The summed E-state index contributed by atoms with van der Waals surface area (Å²) in [4.78, 5) is 22.4. The predicted molar refractivity (Wildman–Crippen MR) is 71.0 cm³/mol. The molecule has 0 aliphatic carbocycles. The molecule has 0 saturated carbocycles. The zero-order chi connectivity index (χ0) is 14.0. The van der Waals surface area contributed by atoms with Crippen LogP contribution in [0.5, 0.6) is 0 Å². The van der Waals surface area contributed by atoms with E-state index in [4.69, 9.17) is 32.7 Å². The van der Waals surface area contributed by atoms with E-state index in [2.05, 4.69) is 0 Å². The van der Waals surface area contributed by atoms with Gasteiger partial charge in [-0.25, -0.2) is 0 Å². The lowest BCUT2D eigenvalue weighted by Crippen LogP contribution is -2.12. The Balaban J connectivity index is 3.44. The smallest absolute Gasteiger partial charge is 0.305 e. The molecule has 18 heavy (non-hydrogen) atoms. The molecule has 0 radical (unpaired) electrons. The van der Waals surface area contributed by atoms with E-state index in [1.54, 1.807) is 13.8 Å². The maximum atomic E-state index is 11.2. The number of hydrogen-bond donors (Lipinski definition) is 0. The summed E-state index contributed by atoms with van der Waals surface area (Å²) in [6, 6.07) is 0. The van der Waals surface area contributed by atoms with Crippen LogP contribution >= 0.6 is 23.2 Å². The summed E-state index contributed by atoms with van der Waals surface area (Å²) >= 11 is 11.3. The lowest BCUT2D eigenvalue weighted by Gasteiger charge is -2.07. The lowest BCUT2D eigenvalue weighted by molar-refractivity contribution is -0.145. The molecule has 0 aliphatic rings. The topological polar surface area (TPSA) is 52.6 Å². The van der Waals surface area contributed by atoms with Gasteiger partial charge in [-0.1, -0.05) is 0 Å². The molecule has 0 spiro atoms. The summed E-state index contributed by atoms with van der Waals surface area (Å²) in [6.07, 6.45) is 1.79. The fraction of sp³-hybridized carbons (Fsp3) is 0.833. The Bertz CT molecular complexity index is 228. The SMILES string of the molecule is CC(Cl)COC(=O)CCCCC(=O)OCC(C)Cl. The summed E-state index contributed by atoms with van der Waals surface area (Å²) in [5.74, 6) is -0.574. The third-order valence-corrected chi connectivity index (χ3v) is 2.21. The van der Waals surface area contributed by atoms with Crippen molar-refractivity contribution in [2.75, 3.05) is 13.2 Å². The highest BCUT2D eigenvalue weighted by Gasteiger charge is 2.08. The van der Waals surface area contributed by atoms with E-state index < -0.39 is 0 Å². The van der Waals surface area contributed by atoms with Crippen LogP contribution in [-0.2, 0) is 19.1 Å². The minimum absolute atomic E-state index is 0.179. The Morgan fingerprint density at radius 3 is 1.50 bits per heavy atom. The van der Waals surface area contributed by atoms with Crippen molar-refractivity contribution in [1.29, 1.82) is 0 Å². The van der Waals surface area contributed by atoms with E-state index in [-0.39, 0.29) is 35.9 Å². The van der Waals surface area contributed by atoms with Gasteiger partial charge < -0.3 is 9.47 Å². The van der Waals surface area contributed by atoms with E-state index in [0.29, 0.717) is 25.7 Å². The molecule has 0 N–H and O–H groups in total. The fourth-order valence-electron chi connectivity index (χ4n) is 1.10. The number of unbranched alkanes of at least 4 members (excludes halogenated alkanes) is 1. The van der Waals surface area contributed by atoms with Gasteiger partial charge >= 0.3 is 11.9 Å². The molecule has 0 aromatic heterocycles. The molecule has 0 bridgehead atoms. The molecule has 106 valence electrons. The molecule has 0 rings (SSSR count). The van der Waals surface area contributed by atoms with Crippen LogP contribution < -0.4 is 0 Å². The summed E-state index contributed by atoms with van der Waals surface area (Å²) in [7, 11) is 0. The largest absolute Gasteiger partial charge is 0.464 e. The van der Waals surface area contributed by atoms with Gasteiger partial charge in [-0.2, -0.15) is 0 Å². The molecule has 0 aromatic rings. The third kappa shape index (κ3) is 12.0. The van der Waals surface area contributed by atoms with Crippen LogP contribution in [-0.4, -0.2) is 35.9 Å². The van der Waals surface area contributed by atoms with Crippen LogP contribution in [0.2, 0.25) is 0 Å². The van der Waals surface area contributed by atoms with Crippen LogP contribution in [0.25, 0.3) is 0 Å². The molecule has 0 fully saturated rings. The average molecular weight is 299 g/mol. The van der Waals surface area contributed by atoms with Gasteiger partial charge in [-0.15, -0.1) is 23.2 Å². The number of esters is 2. The number of carbonyl (C=O) groups excluding carboxylic acids is 2. The highest BCUT2D eigenvalue weighted by Crippen LogP contribution is 2.05. The Morgan fingerprint density at radius 1 is 0.889 bits per heavy atom. The quantitative estimate of drug-likeness (QED) is 0.373. The number of hydrogen-bond acceptors (Lipinski definition) is 4. The van der Waals surface area contributed by atoms with Crippen molar-refractivity contribution in [3.8, 4) is 0 Å². The van der Waals surface area contributed by atoms with E-state index in [9.17, 15) is 9.59 Å². The number of rotatable bonds is 9. The second-order valence-corrected chi connectivity index (χ2v) is 5.62. The lowest BCUT2D eigenvalue weighted by atomic mass is 10.2. The molecule has 6 heteroatoms. The van der Waals surface area contributed by atoms with Crippen molar-refractivity contribution >= 4 is 35.1 Å². The Morgan fingerprint density at radius 2 is 1.22 bits per heavy atom. The molecule has 0 saturated heterocycles. The third-order valence-electron chi connectivity index (χ3n) is 1.96. The summed E-state index contributed by atoms with van der Waals surface area (Å²) in [6.45, 7) is 3.94. The van der Waals surface area contributed by atoms with Gasteiger partial charge in [-0.05, 0) is 26.7 Å². The number of ether oxygens (including phenoxy) is 2. The Hall–Kier alpha value is -0.480. The second kappa shape index (κ2) is 10.4. The van der Waals surface area contributed by atoms with Crippen LogP contribution in [0, 0.1) is 0 Å². The van der Waals surface area contributed by atoms with E-state index in [0.717, 1.165) is 0 Å². The number of halogens is 2. The van der Waals surface area contributed by atoms with Gasteiger partial charge in [0.15, 0.2) is 0 Å². The molecule has 0 amide bonds. The van der Waals surface area contributed by atoms with Crippen molar-refractivity contribution in [2.45, 2.75) is 50.3 Å². The van der Waals surface area contributed by atoms with E-state index >= 15 is 0 Å². The van der Waals surface area contributed by atoms with Crippen molar-refractivity contribution in [2.24, 2.45) is 0 Å². The predicted octanol–water partition coefficient (Wildman–Crippen LogP) is 2.89. The molecule has 0 aliphatic heterocycles. The first-order chi connectivity index (χ1) is 8.41. The molecule has 4 nitrogen and oxygen atoms in total. The zero-order valence-corrected chi connectivity index (χ0v) is 12.3. The molecule has 2 unspecified atom stereocenters. The number of alkyl halides is 2. The number of carbonyl (C=O) groups is 2. The van der Waals surface area contributed by atoms with Crippen LogP contribution in [0.1, 0.15) is 39.5 Å². The van der Waals surface area contributed by atoms with Crippen molar-refractivity contribution in [1.82, 2.24) is 0 Å². The highest BCUT2D eigenvalue weighted by molar-refractivity contribution is 6.20. The Labute approximate surface area is 118 Å². The van der Waals surface area contributed by atoms with Gasteiger partial charge in [0, 0.05) is 12.8 Å². The average Bonchev–Trinajstić information content (AvgIpc) is 2.29. The van der Waals surface area contributed by atoms with Gasteiger partial charge in [0.1, 0.15) is 13.2 Å². The standard InChI is InChI=1S/C12H20Cl2O4/c1-9(13)7-17-11(15)5-3-4-6-12(16)18-8-10(2)14/h9-10H,3-8H2,1-2H3.